The summed E-state index contributed by atoms with van der Waals surface area (Å²) in [5.74, 6) is 1.25. The molecule has 1 aromatic carbocycles. The predicted molar refractivity (Wildman–Crippen MR) is 84.8 cm³/mol. The molecule has 4 nitrogen and oxygen atoms in total. The van der Waals surface area contributed by atoms with E-state index in [9.17, 15) is 9.90 Å². The molecule has 0 radical (unpaired) electrons. The molecule has 1 N–H and O–H groups in total. The highest BCUT2D eigenvalue weighted by atomic mass is 32.2. The van der Waals surface area contributed by atoms with Crippen molar-refractivity contribution in [3.8, 4) is 5.75 Å². The Morgan fingerprint density at radius 2 is 1.95 bits per heavy atom. The third-order valence-corrected chi connectivity index (χ3v) is 4.91. The summed E-state index contributed by atoms with van der Waals surface area (Å²) in [4.78, 5) is 14.8. The van der Waals surface area contributed by atoms with Crippen LogP contribution in [-0.2, 0) is 4.79 Å². The number of methoxy groups -OCH3 is 1. The number of likely N-dealkylation sites (N-methyl/N-ethyl adjacent to an activating group) is 1. The highest BCUT2D eigenvalue weighted by Gasteiger charge is 2.33. The summed E-state index contributed by atoms with van der Waals surface area (Å²) in [5, 5.41) is 10.3. The van der Waals surface area contributed by atoms with Gasteiger partial charge in [-0.1, -0.05) is 12.8 Å². The minimum Gasteiger partial charge on any atom is -0.497 e. The van der Waals surface area contributed by atoms with Gasteiger partial charge in [0.2, 0.25) is 5.91 Å². The van der Waals surface area contributed by atoms with Gasteiger partial charge in [-0.05, 0) is 37.1 Å². The normalized spacial score (nSPS) is 16.7. The monoisotopic (exact) mass is 309 g/mol. The second-order valence-corrected chi connectivity index (χ2v) is 6.69. The lowest BCUT2D eigenvalue weighted by Gasteiger charge is -2.28. The molecule has 21 heavy (non-hydrogen) atoms. The van der Waals surface area contributed by atoms with Crippen molar-refractivity contribution in [1.29, 1.82) is 0 Å². The van der Waals surface area contributed by atoms with Crippen LogP contribution in [0.3, 0.4) is 0 Å². The van der Waals surface area contributed by atoms with Crippen LogP contribution in [0, 0.1) is 0 Å². The second-order valence-electron chi connectivity index (χ2n) is 5.65. The van der Waals surface area contributed by atoms with E-state index in [-0.39, 0.29) is 5.91 Å². The molecular weight excluding hydrogens is 286 g/mol. The van der Waals surface area contributed by atoms with Crippen LogP contribution in [0.15, 0.2) is 29.2 Å². The van der Waals surface area contributed by atoms with Crippen LogP contribution in [0.1, 0.15) is 25.7 Å². The van der Waals surface area contributed by atoms with E-state index < -0.39 is 5.60 Å². The smallest absolute Gasteiger partial charge is 0.232 e. The molecule has 1 aromatic rings. The number of benzene rings is 1. The summed E-state index contributed by atoms with van der Waals surface area (Å²) in [6.07, 6.45) is 3.71. The molecule has 0 saturated heterocycles. The zero-order valence-electron chi connectivity index (χ0n) is 12.7. The van der Waals surface area contributed by atoms with Gasteiger partial charge in [-0.2, -0.15) is 0 Å². The van der Waals surface area contributed by atoms with Crippen LogP contribution in [0.25, 0.3) is 0 Å². The molecule has 116 valence electrons. The number of nitrogens with zero attached hydrogens (tertiary/aromatic N) is 1. The lowest BCUT2D eigenvalue weighted by atomic mass is 10.0. The van der Waals surface area contributed by atoms with E-state index in [0.29, 0.717) is 12.3 Å². The Morgan fingerprint density at radius 1 is 1.33 bits per heavy atom. The molecule has 1 saturated carbocycles. The van der Waals surface area contributed by atoms with Gasteiger partial charge >= 0.3 is 0 Å². The van der Waals surface area contributed by atoms with Gasteiger partial charge < -0.3 is 14.7 Å². The molecule has 2 rings (SSSR count). The summed E-state index contributed by atoms with van der Waals surface area (Å²) < 4.78 is 5.11. The van der Waals surface area contributed by atoms with Crippen molar-refractivity contribution in [1.82, 2.24) is 4.90 Å². The highest BCUT2D eigenvalue weighted by molar-refractivity contribution is 8.00. The number of hydrogen-bond acceptors (Lipinski definition) is 4. The van der Waals surface area contributed by atoms with Gasteiger partial charge in [0.1, 0.15) is 5.75 Å². The van der Waals surface area contributed by atoms with Gasteiger partial charge in [-0.3, -0.25) is 4.79 Å². The van der Waals surface area contributed by atoms with Crippen molar-refractivity contribution in [2.24, 2.45) is 0 Å². The standard InChI is InChI=1S/C16H23NO3S/c1-17(12-16(19)9-3-4-10-16)15(18)11-21-14-7-5-13(20-2)6-8-14/h5-8,19H,3-4,9-12H2,1-2H3. The average Bonchev–Trinajstić information content (AvgIpc) is 2.91. The molecule has 0 spiro atoms. The maximum Gasteiger partial charge on any atom is 0.232 e. The highest BCUT2D eigenvalue weighted by Crippen LogP contribution is 2.30. The molecule has 5 heteroatoms. The molecular formula is C16H23NO3S. The van der Waals surface area contributed by atoms with Crippen molar-refractivity contribution in [3.63, 3.8) is 0 Å². The summed E-state index contributed by atoms with van der Waals surface area (Å²) in [7, 11) is 3.40. The van der Waals surface area contributed by atoms with E-state index in [4.69, 9.17) is 4.74 Å². The van der Waals surface area contributed by atoms with E-state index in [1.807, 2.05) is 24.3 Å². The molecule has 1 aliphatic rings. The van der Waals surface area contributed by atoms with Crippen LogP contribution < -0.4 is 4.74 Å². The summed E-state index contributed by atoms with van der Waals surface area (Å²) in [6.45, 7) is 0.439. The quantitative estimate of drug-likeness (QED) is 0.821. The van der Waals surface area contributed by atoms with E-state index in [1.165, 1.54) is 11.8 Å². The van der Waals surface area contributed by atoms with Gasteiger partial charge in [-0.25, -0.2) is 0 Å². The van der Waals surface area contributed by atoms with E-state index in [2.05, 4.69) is 0 Å². The van der Waals surface area contributed by atoms with E-state index >= 15 is 0 Å². The van der Waals surface area contributed by atoms with Crippen molar-refractivity contribution < 1.29 is 14.6 Å². The number of hydrogen-bond donors (Lipinski definition) is 1. The Bertz CT molecular complexity index is 469. The molecule has 1 aliphatic carbocycles. The predicted octanol–water partition coefficient (Wildman–Crippen LogP) is 2.55. The second kappa shape index (κ2) is 7.18. The molecule has 1 amide bonds. The first-order valence-electron chi connectivity index (χ1n) is 7.26. The Morgan fingerprint density at radius 3 is 2.52 bits per heavy atom. The first-order chi connectivity index (χ1) is 10.0. The lowest BCUT2D eigenvalue weighted by Crippen LogP contribution is -2.42. The molecule has 1 fully saturated rings. The fraction of sp³-hybridized carbons (Fsp3) is 0.562. The van der Waals surface area contributed by atoms with Crippen molar-refractivity contribution >= 4 is 17.7 Å². The maximum atomic E-state index is 12.1. The van der Waals surface area contributed by atoms with Crippen molar-refractivity contribution in [3.05, 3.63) is 24.3 Å². The summed E-state index contributed by atoms with van der Waals surface area (Å²) >= 11 is 1.50. The molecule has 0 atom stereocenters. The Labute approximate surface area is 130 Å². The van der Waals surface area contributed by atoms with Crippen LogP contribution in [0.5, 0.6) is 5.75 Å². The van der Waals surface area contributed by atoms with Gasteiger partial charge in [-0.15, -0.1) is 11.8 Å². The first-order valence-corrected chi connectivity index (χ1v) is 8.24. The number of aliphatic hydroxyl groups is 1. The zero-order chi connectivity index (χ0) is 15.3. The van der Waals surface area contributed by atoms with Gasteiger partial charge in [0.15, 0.2) is 0 Å². The largest absolute Gasteiger partial charge is 0.497 e. The van der Waals surface area contributed by atoms with Crippen LogP contribution in [-0.4, -0.2) is 48.0 Å². The molecule has 0 heterocycles. The Kier molecular flexibility index (Phi) is 5.53. The van der Waals surface area contributed by atoms with Gasteiger partial charge in [0, 0.05) is 18.5 Å². The van der Waals surface area contributed by atoms with E-state index in [0.717, 1.165) is 36.3 Å². The Hall–Kier alpha value is -1.20. The van der Waals surface area contributed by atoms with E-state index in [1.54, 1.807) is 19.1 Å². The first kappa shape index (κ1) is 16.2. The molecule has 0 unspecified atom stereocenters. The van der Waals surface area contributed by atoms with Crippen molar-refractivity contribution in [2.45, 2.75) is 36.2 Å². The minimum absolute atomic E-state index is 0.0520. The fourth-order valence-corrected chi connectivity index (χ4v) is 3.49. The lowest BCUT2D eigenvalue weighted by molar-refractivity contribution is -0.130. The maximum absolute atomic E-state index is 12.1. The molecule has 0 aromatic heterocycles. The zero-order valence-corrected chi connectivity index (χ0v) is 13.5. The number of carbonyl (C=O) groups excluding carboxylic acids is 1. The molecule has 0 bridgehead atoms. The minimum atomic E-state index is -0.671. The number of rotatable bonds is 6. The van der Waals surface area contributed by atoms with Crippen molar-refractivity contribution in [2.75, 3.05) is 26.5 Å². The van der Waals surface area contributed by atoms with Gasteiger partial charge in [0.05, 0.1) is 18.5 Å². The summed E-state index contributed by atoms with van der Waals surface area (Å²) in [5.41, 5.74) is -0.671. The third kappa shape index (κ3) is 4.64. The Balaban J connectivity index is 1.80. The average molecular weight is 309 g/mol. The topological polar surface area (TPSA) is 49.8 Å². The number of thioether (sulfide) groups is 1. The fourth-order valence-electron chi connectivity index (χ4n) is 2.65. The van der Waals surface area contributed by atoms with Crippen LogP contribution >= 0.6 is 11.8 Å². The number of carbonyl (C=O) groups is 1. The summed E-state index contributed by atoms with van der Waals surface area (Å²) in [6, 6.07) is 7.66. The number of amides is 1. The van der Waals surface area contributed by atoms with Crippen LogP contribution in [0.2, 0.25) is 0 Å². The third-order valence-electron chi connectivity index (χ3n) is 3.91. The van der Waals surface area contributed by atoms with Gasteiger partial charge in [0.25, 0.3) is 0 Å². The van der Waals surface area contributed by atoms with Crippen LogP contribution in [0.4, 0.5) is 0 Å². The SMILES string of the molecule is COc1ccc(SCC(=O)N(C)CC2(O)CCCC2)cc1. The number of ether oxygens (including phenoxy) is 1. The molecule has 0 aliphatic heterocycles.